The summed E-state index contributed by atoms with van der Waals surface area (Å²) in [6, 6.07) is 14.1. The lowest BCUT2D eigenvalue weighted by atomic mass is 10.1. The van der Waals surface area contributed by atoms with Gasteiger partial charge in [0.25, 0.3) is 0 Å². The molecule has 0 aliphatic carbocycles. The van der Waals surface area contributed by atoms with E-state index in [0.29, 0.717) is 0 Å². The number of nitrogens with zero attached hydrogens (tertiary/aromatic N) is 2. The van der Waals surface area contributed by atoms with E-state index in [1.807, 2.05) is 18.2 Å². The van der Waals surface area contributed by atoms with Gasteiger partial charge in [-0.15, -0.1) is 0 Å². The SMILES string of the molecule is Cc1c(CCN(C)C)n(-c2ccc(Cl)cc2)c2ccc(Cl)cc12. The largest absolute Gasteiger partial charge is 0.313 e. The highest BCUT2D eigenvalue weighted by molar-refractivity contribution is 6.31. The second kappa shape index (κ2) is 6.56. The number of aromatic nitrogens is 1. The highest BCUT2D eigenvalue weighted by Crippen LogP contribution is 2.31. The van der Waals surface area contributed by atoms with Crippen LogP contribution >= 0.6 is 23.2 Å². The van der Waals surface area contributed by atoms with Crippen LogP contribution < -0.4 is 0 Å². The average molecular weight is 347 g/mol. The normalized spacial score (nSPS) is 11.6. The van der Waals surface area contributed by atoms with Crippen molar-refractivity contribution in [2.75, 3.05) is 20.6 Å². The maximum Gasteiger partial charge on any atom is 0.0535 e. The van der Waals surface area contributed by atoms with Gasteiger partial charge in [0.15, 0.2) is 0 Å². The van der Waals surface area contributed by atoms with Gasteiger partial charge in [0, 0.05) is 39.8 Å². The fourth-order valence-electron chi connectivity index (χ4n) is 2.99. The molecule has 1 aromatic heterocycles. The highest BCUT2D eigenvalue weighted by atomic mass is 35.5. The Morgan fingerprint density at radius 1 is 0.957 bits per heavy atom. The fraction of sp³-hybridized carbons (Fsp3) is 0.263. The second-order valence-electron chi connectivity index (χ2n) is 6.10. The van der Waals surface area contributed by atoms with Crippen LogP contribution in [0.25, 0.3) is 16.6 Å². The van der Waals surface area contributed by atoms with Crippen LogP contribution in [-0.2, 0) is 6.42 Å². The third-order valence-corrected chi connectivity index (χ3v) is 4.67. The lowest BCUT2D eigenvalue weighted by Gasteiger charge is -2.14. The maximum atomic E-state index is 6.21. The number of likely N-dealkylation sites (N-methyl/N-ethyl adjacent to an activating group) is 1. The van der Waals surface area contributed by atoms with Gasteiger partial charge in [-0.3, -0.25) is 0 Å². The van der Waals surface area contributed by atoms with E-state index in [4.69, 9.17) is 23.2 Å². The molecule has 0 unspecified atom stereocenters. The van der Waals surface area contributed by atoms with Gasteiger partial charge in [0.05, 0.1) is 5.52 Å². The van der Waals surface area contributed by atoms with E-state index in [0.717, 1.165) is 28.7 Å². The van der Waals surface area contributed by atoms with Crippen molar-refractivity contribution in [2.24, 2.45) is 0 Å². The molecule has 0 amide bonds. The predicted molar refractivity (Wildman–Crippen MR) is 100 cm³/mol. The average Bonchev–Trinajstić information content (AvgIpc) is 2.78. The molecule has 1 heterocycles. The molecule has 0 spiro atoms. The minimum absolute atomic E-state index is 0.750. The predicted octanol–water partition coefficient (Wildman–Crippen LogP) is 5.35. The number of fused-ring (bicyclic) bond motifs is 1. The summed E-state index contributed by atoms with van der Waals surface area (Å²) in [5.41, 5.74) is 4.92. The summed E-state index contributed by atoms with van der Waals surface area (Å²) in [6.45, 7) is 3.18. The summed E-state index contributed by atoms with van der Waals surface area (Å²) >= 11 is 12.3. The maximum absolute atomic E-state index is 6.21. The van der Waals surface area contributed by atoms with Gasteiger partial charge in [-0.05, 0) is 69.0 Å². The lowest BCUT2D eigenvalue weighted by molar-refractivity contribution is 0.410. The van der Waals surface area contributed by atoms with Crippen LogP contribution in [0, 0.1) is 6.92 Å². The van der Waals surface area contributed by atoms with E-state index in [9.17, 15) is 0 Å². The van der Waals surface area contributed by atoms with Crippen molar-refractivity contribution in [3.05, 3.63) is 63.8 Å². The van der Waals surface area contributed by atoms with Crippen LogP contribution in [0.1, 0.15) is 11.3 Å². The van der Waals surface area contributed by atoms with Gasteiger partial charge >= 0.3 is 0 Å². The summed E-state index contributed by atoms with van der Waals surface area (Å²) in [4.78, 5) is 2.20. The Labute approximate surface area is 147 Å². The Morgan fingerprint density at radius 2 is 1.61 bits per heavy atom. The first-order chi connectivity index (χ1) is 11.0. The minimum atomic E-state index is 0.750. The lowest BCUT2D eigenvalue weighted by Crippen LogP contribution is -2.17. The summed E-state index contributed by atoms with van der Waals surface area (Å²) in [6.07, 6.45) is 0.980. The van der Waals surface area contributed by atoms with Crippen LogP contribution in [0.15, 0.2) is 42.5 Å². The van der Waals surface area contributed by atoms with Crippen molar-refractivity contribution in [3.63, 3.8) is 0 Å². The topological polar surface area (TPSA) is 8.17 Å². The molecule has 0 aliphatic rings. The molecule has 0 radical (unpaired) electrons. The Hall–Kier alpha value is -1.48. The molecular weight excluding hydrogens is 327 g/mol. The van der Waals surface area contributed by atoms with Crippen LogP contribution in [-0.4, -0.2) is 30.1 Å². The van der Waals surface area contributed by atoms with Crippen molar-refractivity contribution in [1.82, 2.24) is 9.47 Å². The van der Waals surface area contributed by atoms with Crippen LogP contribution in [0.3, 0.4) is 0 Å². The quantitative estimate of drug-likeness (QED) is 0.618. The van der Waals surface area contributed by atoms with Gasteiger partial charge in [-0.25, -0.2) is 0 Å². The Morgan fingerprint density at radius 3 is 2.26 bits per heavy atom. The monoisotopic (exact) mass is 346 g/mol. The molecule has 3 aromatic rings. The summed E-state index contributed by atoms with van der Waals surface area (Å²) in [5.74, 6) is 0. The van der Waals surface area contributed by atoms with E-state index in [-0.39, 0.29) is 0 Å². The minimum Gasteiger partial charge on any atom is -0.313 e. The first kappa shape index (κ1) is 16.4. The van der Waals surface area contributed by atoms with Crippen LogP contribution in [0.5, 0.6) is 0 Å². The zero-order valence-corrected chi connectivity index (χ0v) is 15.1. The zero-order chi connectivity index (χ0) is 16.6. The second-order valence-corrected chi connectivity index (χ2v) is 6.97. The number of rotatable bonds is 4. The molecule has 0 fully saturated rings. The van der Waals surface area contributed by atoms with Crippen LogP contribution in [0.2, 0.25) is 10.0 Å². The molecule has 0 saturated carbocycles. The highest BCUT2D eigenvalue weighted by Gasteiger charge is 2.16. The molecule has 0 atom stereocenters. The number of hydrogen-bond donors (Lipinski definition) is 0. The Balaban J connectivity index is 2.23. The number of hydrogen-bond acceptors (Lipinski definition) is 1. The fourth-order valence-corrected chi connectivity index (χ4v) is 3.28. The summed E-state index contributed by atoms with van der Waals surface area (Å²) in [7, 11) is 4.20. The van der Waals surface area contributed by atoms with E-state index in [2.05, 4.69) is 54.8 Å². The molecule has 0 N–H and O–H groups in total. The van der Waals surface area contributed by atoms with E-state index in [1.165, 1.54) is 22.2 Å². The number of benzene rings is 2. The van der Waals surface area contributed by atoms with Gasteiger partial charge in [0.2, 0.25) is 0 Å². The molecule has 23 heavy (non-hydrogen) atoms. The van der Waals surface area contributed by atoms with E-state index < -0.39 is 0 Å². The molecule has 0 aliphatic heterocycles. The smallest absolute Gasteiger partial charge is 0.0535 e. The Kier molecular flexibility index (Phi) is 4.67. The third kappa shape index (κ3) is 3.25. The standard InChI is InChI=1S/C19H20Cl2N2/c1-13-17-12-15(21)6-9-19(17)23(18(13)10-11-22(2)3)16-7-4-14(20)5-8-16/h4-9,12H,10-11H2,1-3H3. The molecule has 0 bridgehead atoms. The summed E-state index contributed by atoms with van der Waals surface area (Å²) < 4.78 is 2.32. The summed E-state index contributed by atoms with van der Waals surface area (Å²) in [5, 5.41) is 2.73. The molecule has 4 heteroatoms. The van der Waals surface area contributed by atoms with Crippen molar-refractivity contribution in [2.45, 2.75) is 13.3 Å². The molecule has 3 rings (SSSR count). The first-order valence-corrected chi connectivity index (χ1v) is 8.43. The molecule has 2 nitrogen and oxygen atoms in total. The van der Waals surface area contributed by atoms with E-state index >= 15 is 0 Å². The van der Waals surface area contributed by atoms with Gasteiger partial charge in [0.1, 0.15) is 0 Å². The van der Waals surface area contributed by atoms with Crippen LogP contribution in [0.4, 0.5) is 0 Å². The zero-order valence-electron chi connectivity index (χ0n) is 13.6. The molecule has 0 saturated heterocycles. The number of halogens is 2. The first-order valence-electron chi connectivity index (χ1n) is 7.67. The third-order valence-electron chi connectivity index (χ3n) is 4.19. The molecular formula is C19H20Cl2N2. The molecule has 2 aromatic carbocycles. The number of aryl methyl sites for hydroxylation is 1. The molecule has 120 valence electrons. The van der Waals surface area contributed by atoms with Crippen molar-refractivity contribution >= 4 is 34.1 Å². The van der Waals surface area contributed by atoms with Crippen molar-refractivity contribution in [1.29, 1.82) is 0 Å². The van der Waals surface area contributed by atoms with E-state index in [1.54, 1.807) is 0 Å². The van der Waals surface area contributed by atoms with Gasteiger partial charge in [-0.2, -0.15) is 0 Å². The van der Waals surface area contributed by atoms with Crippen molar-refractivity contribution in [3.8, 4) is 5.69 Å². The van der Waals surface area contributed by atoms with Crippen molar-refractivity contribution < 1.29 is 0 Å². The van der Waals surface area contributed by atoms with Gasteiger partial charge in [-0.1, -0.05) is 23.2 Å². The Bertz CT molecular complexity index is 833. The van der Waals surface area contributed by atoms with Gasteiger partial charge < -0.3 is 9.47 Å².